The van der Waals surface area contributed by atoms with Crippen molar-refractivity contribution in [1.82, 2.24) is 0 Å². The summed E-state index contributed by atoms with van der Waals surface area (Å²) in [5.41, 5.74) is -0.952. The lowest BCUT2D eigenvalue weighted by Crippen LogP contribution is -3.24. The van der Waals surface area contributed by atoms with Crippen LogP contribution in [-0.4, -0.2) is 16.9 Å². The molecule has 0 spiro atoms. The van der Waals surface area contributed by atoms with Crippen LogP contribution in [0.5, 0.6) is 0 Å². The maximum Gasteiger partial charge on any atom is 0.148 e. The molecule has 13 heavy (non-hydrogen) atoms. The number of nitrogens with one attached hydrogen (secondary N) is 1. The minimum absolute atomic E-state index is 0.131. The lowest BCUT2D eigenvalue weighted by molar-refractivity contribution is -0.954. The summed E-state index contributed by atoms with van der Waals surface area (Å²) >= 11 is 0. The Bertz CT molecular complexity index is 233. The fraction of sp³-hybridized carbons (Fsp3) is 0.900. The van der Waals surface area contributed by atoms with Crippen molar-refractivity contribution in [2.45, 2.75) is 52.1 Å². The minimum atomic E-state index is -0.487. The third kappa shape index (κ3) is 1.51. The van der Waals surface area contributed by atoms with Crippen molar-refractivity contribution in [3.05, 3.63) is 5.21 Å². The maximum atomic E-state index is 12.0. The normalized spacial score (nSPS) is 37.5. The highest BCUT2D eigenvalue weighted by molar-refractivity contribution is 5.83. The number of quaternary nitrogens is 1. The van der Waals surface area contributed by atoms with E-state index in [1.54, 1.807) is 0 Å². The molecule has 0 aromatic heterocycles. The fourth-order valence-corrected chi connectivity index (χ4v) is 2.14. The van der Waals surface area contributed by atoms with Crippen LogP contribution >= 0.6 is 0 Å². The van der Waals surface area contributed by atoms with Gasteiger partial charge in [-0.05, 0) is 34.6 Å². The molecule has 1 fully saturated rings. The van der Waals surface area contributed by atoms with Crippen molar-refractivity contribution in [1.29, 1.82) is 0 Å². The van der Waals surface area contributed by atoms with Crippen molar-refractivity contribution < 1.29 is 9.86 Å². The highest BCUT2D eigenvalue weighted by Crippen LogP contribution is 2.25. The summed E-state index contributed by atoms with van der Waals surface area (Å²) in [6.07, 6.45) is 0.399. The molecule has 1 rings (SSSR count). The van der Waals surface area contributed by atoms with Gasteiger partial charge in [-0.1, -0.05) is 0 Å². The summed E-state index contributed by atoms with van der Waals surface area (Å²) in [5, 5.41) is 12.2. The van der Waals surface area contributed by atoms with E-state index in [-0.39, 0.29) is 16.8 Å². The van der Waals surface area contributed by atoms with Crippen molar-refractivity contribution >= 4 is 5.78 Å². The number of piperidine rings is 1. The standard InChI is InChI=1S/C10H19NO2/c1-7-8(12)6-9(2,3)11(13)10(7,4)5/h7,11H,6H2,1-5H3. The molecule has 2 unspecified atom stereocenters. The molecule has 0 bridgehead atoms. The molecule has 1 aliphatic rings. The molecule has 1 aliphatic heterocycles. The quantitative estimate of drug-likeness (QED) is 0.560. The van der Waals surface area contributed by atoms with Gasteiger partial charge < -0.3 is 10.3 Å². The number of ketones is 1. The Balaban J connectivity index is 3.03. The molecule has 1 heterocycles. The number of carbonyl (C=O) groups is 1. The van der Waals surface area contributed by atoms with Crippen molar-refractivity contribution in [3.8, 4) is 0 Å². The molecule has 0 saturated carbocycles. The zero-order valence-corrected chi connectivity index (χ0v) is 9.10. The van der Waals surface area contributed by atoms with Crippen molar-refractivity contribution in [3.63, 3.8) is 0 Å². The molecular formula is C10H19NO2. The van der Waals surface area contributed by atoms with Crippen LogP contribution in [0.3, 0.4) is 0 Å². The third-order valence-corrected chi connectivity index (χ3v) is 3.38. The number of hydroxylamine groups is 2. The first-order valence-electron chi connectivity index (χ1n) is 4.77. The van der Waals surface area contributed by atoms with Crippen molar-refractivity contribution in [2.75, 3.05) is 0 Å². The SMILES string of the molecule is CC1C(=O)CC(C)(C)[NH+]([O-])C1(C)C. The van der Waals surface area contributed by atoms with E-state index in [4.69, 9.17) is 0 Å². The molecule has 0 aromatic carbocycles. The van der Waals surface area contributed by atoms with E-state index in [9.17, 15) is 10.0 Å². The molecule has 0 aliphatic carbocycles. The first-order valence-corrected chi connectivity index (χ1v) is 4.77. The molecule has 3 nitrogen and oxygen atoms in total. The number of carbonyl (C=O) groups excluding carboxylic acids is 1. The van der Waals surface area contributed by atoms with Gasteiger partial charge in [-0.25, -0.2) is 0 Å². The van der Waals surface area contributed by atoms with Gasteiger partial charge in [-0.15, -0.1) is 0 Å². The predicted molar refractivity (Wildman–Crippen MR) is 51.3 cm³/mol. The number of hydrogen-bond donors (Lipinski definition) is 1. The Morgan fingerprint density at radius 1 is 1.38 bits per heavy atom. The summed E-state index contributed by atoms with van der Waals surface area (Å²) in [6.45, 7) is 9.33. The van der Waals surface area contributed by atoms with Gasteiger partial charge in [-0.2, -0.15) is 0 Å². The molecule has 3 heteroatoms. The minimum Gasteiger partial charge on any atom is -0.634 e. The van der Waals surface area contributed by atoms with Crippen LogP contribution < -0.4 is 5.06 Å². The second kappa shape index (κ2) is 2.79. The Hall–Kier alpha value is -0.410. The number of hydrogen-bond acceptors (Lipinski definition) is 2. The van der Waals surface area contributed by atoms with Crippen molar-refractivity contribution in [2.24, 2.45) is 5.92 Å². The van der Waals surface area contributed by atoms with E-state index < -0.39 is 11.1 Å². The third-order valence-electron chi connectivity index (χ3n) is 3.38. The molecule has 0 aromatic rings. The molecule has 2 atom stereocenters. The number of Topliss-reactive ketones (excluding diaryl/α,β-unsaturated/α-hetero) is 1. The van der Waals surface area contributed by atoms with Gasteiger partial charge >= 0.3 is 0 Å². The van der Waals surface area contributed by atoms with Gasteiger partial charge in [0.05, 0.1) is 17.9 Å². The second-order valence-electron chi connectivity index (χ2n) is 5.30. The van der Waals surface area contributed by atoms with Gasteiger partial charge in [0.25, 0.3) is 0 Å². The summed E-state index contributed by atoms with van der Waals surface area (Å²) in [4.78, 5) is 11.6. The zero-order valence-electron chi connectivity index (χ0n) is 9.10. The molecule has 1 N–H and O–H groups in total. The summed E-state index contributed by atoms with van der Waals surface area (Å²) in [6, 6.07) is 0. The molecule has 0 radical (unpaired) electrons. The van der Waals surface area contributed by atoms with Gasteiger partial charge in [0, 0.05) is 0 Å². The summed E-state index contributed by atoms with van der Waals surface area (Å²) in [7, 11) is 0. The van der Waals surface area contributed by atoms with E-state index in [1.165, 1.54) is 0 Å². The topological polar surface area (TPSA) is 44.6 Å². The maximum absolute atomic E-state index is 12.0. The van der Waals surface area contributed by atoms with Crippen LogP contribution in [0.1, 0.15) is 41.0 Å². The first-order chi connectivity index (χ1) is 5.69. The Morgan fingerprint density at radius 2 is 1.85 bits per heavy atom. The first kappa shape index (κ1) is 10.7. The smallest absolute Gasteiger partial charge is 0.148 e. The van der Waals surface area contributed by atoms with Crippen LogP contribution in [0.25, 0.3) is 0 Å². The highest BCUT2D eigenvalue weighted by atomic mass is 16.5. The average molecular weight is 185 g/mol. The predicted octanol–water partition coefficient (Wildman–Crippen LogP) is 0.535. The van der Waals surface area contributed by atoms with Gasteiger partial charge in [0.2, 0.25) is 0 Å². The zero-order chi connectivity index (χ0) is 10.4. The number of rotatable bonds is 0. The average Bonchev–Trinajstić information content (AvgIpc) is 1.98. The molecule has 76 valence electrons. The Labute approximate surface area is 79.7 Å². The Kier molecular flexibility index (Phi) is 2.29. The van der Waals surface area contributed by atoms with Gasteiger partial charge in [0.15, 0.2) is 0 Å². The molecular weight excluding hydrogens is 166 g/mol. The van der Waals surface area contributed by atoms with Gasteiger partial charge in [0.1, 0.15) is 11.3 Å². The van der Waals surface area contributed by atoms with Crippen LogP contribution in [-0.2, 0) is 4.79 Å². The molecule has 1 saturated heterocycles. The van der Waals surface area contributed by atoms with Gasteiger partial charge in [-0.3, -0.25) is 4.79 Å². The largest absolute Gasteiger partial charge is 0.634 e. The van der Waals surface area contributed by atoms with E-state index in [0.717, 1.165) is 0 Å². The summed E-state index contributed by atoms with van der Waals surface area (Å²) < 4.78 is 0. The van der Waals surface area contributed by atoms with Crippen LogP contribution in [0.4, 0.5) is 0 Å². The second-order valence-corrected chi connectivity index (χ2v) is 5.30. The van der Waals surface area contributed by atoms with Crippen LogP contribution in [0.15, 0.2) is 0 Å². The van der Waals surface area contributed by atoms with E-state index in [1.807, 2.05) is 34.6 Å². The van der Waals surface area contributed by atoms with E-state index >= 15 is 0 Å². The summed E-state index contributed by atoms with van der Waals surface area (Å²) in [5.74, 6) is 0.0858. The lowest BCUT2D eigenvalue weighted by Gasteiger charge is -2.54. The lowest BCUT2D eigenvalue weighted by atomic mass is 9.74. The molecule has 0 amide bonds. The highest BCUT2D eigenvalue weighted by Gasteiger charge is 2.49. The fourth-order valence-electron chi connectivity index (χ4n) is 2.14. The van der Waals surface area contributed by atoms with Crippen LogP contribution in [0.2, 0.25) is 0 Å². The van der Waals surface area contributed by atoms with E-state index in [0.29, 0.717) is 6.42 Å². The Morgan fingerprint density at radius 3 is 2.31 bits per heavy atom. The monoisotopic (exact) mass is 185 g/mol. The van der Waals surface area contributed by atoms with E-state index in [2.05, 4.69) is 0 Å². The van der Waals surface area contributed by atoms with Crippen LogP contribution in [0, 0.1) is 11.1 Å².